The summed E-state index contributed by atoms with van der Waals surface area (Å²) in [7, 11) is -3.71. The van der Waals surface area contributed by atoms with Gasteiger partial charge in [-0.3, -0.25) is 4.72 Å². The van der Waals surface area contributed by atoms with Gasteiger partial charge in [-0.05, 0) is 46.9 Å². The molecule has 0 radical (unpaired) electrons. The third-order valence-corrected chi connectivity index (χ3v) is 5.59. The topological polar surface area (TPSA) is 101 Å². The number of benzene rings is 2. The molecule has 136 valence electrons. The van der Waals surface area contributed by atoms with Crippen molar-refractivity contribution in [1.29, 1.82) is 0 Å². The molecule has 0 amide bonds. The zero-order valence-corrected chi connectivity index (χ0v) is 15.9. The van der Waals surface area contributed by atoms with Crippen LogP contribution in [0.25, 0.3) is 11.4 Å². The van der Waals surface area contributed by atoms with Gasteiger partial charge < -0.3 is 0 Å². The number of aromatic nitrogens is 4. The predicted octanol–water partition coefficient (Wildman–Crippen LogP) is 3.27. The first-order valence-corrected chi connectivity index (χ1v) is 9.63. The lowest BCUT2D eigenvalue weighted by Gasteiger charge is -2.20. The molecule has 0 atom stereocenters. The lowest BCUT2D eigenvalue weighted by Crippen LogP contribution is -2.16. The van der Waals surface area contributed by atoms with E-state index in [2.05, 4.69) is 46.1 Å². The smallest absolute Gasteiger partial charge is 0.262 e. The highest BCUT2D eigenvalue weighted by molar-refractivity contribution is 7.92. The third kappa shape index (κ3) is 3.75. The van der Waals surface area contributed by atoms with Crippen molar-refractivity contribution in [1.82, 2.24) is 20.6 Å². The van der Waals surface area contributed by atoms with Gasteiger partial charge in [0.1, 0.15) is 0 Å². The van der Waals surface area contributed by atoms with Gasteiger partial charge in [0.05, 0.1) is 4.90 Å². The molecule has 2 aromatic carbocycles. The van der Waals surface area contributed by atoms with E-state index in [0.29, 0.717) is 22.6 Å². The van der Waals surface area contributed by atoms with Crippen LogP contribution in [0.3, 0.4) is 0 Å². The summed E-state index contributed by atoms with van der Waals surface area (Å²) >= 11 is 0. The van der Waals surface area contributed by atoms with Gasteiger partial charge in [0.15, 0.2) is 0 Å². The van der Waals surface area contributed by atoms with E-state index in [9.17, 15) is 8.42 Å². The first kappa shape index (κ1) is 18.1. The monoisotopic (exact) mass is 371 g/mol. The van der Waals surface area contributed by atoms with Crippen molar-refractivity contribution in [3.8, 4) is 11.4 Å². The van der Waals surface area contributed by atoms with E-state index in [-0.39, 0.29) is 10.3 Å². The molecule has 0 aliphatic heterocycles. The number of nitrogens with one attached hydrogen (secondary N) is 2. The molecule has 0 aliphatic carbocycles. The van der Waals surface area contributed by atoms with Gasteiger partial charge in [0.2, 0.25) is 5.82 Å². The van der Waals surface area contributed by atoms with E-state index < -0.39 is 10.0 Å². The van der Waals surface area contributed by atoms with Crippen molar-refractivity contribution >= 4 is 15.7 Å². The van der Waals surface area contributed by atoms with Crippen molar-refractivity contribution in [2.75, 3.05) is 4.72 Å². The molecule has 0 spiro atoms. The van der Waals surface area contributed by atoms with Crippen LogP contribution >= 0.6 is 0 Å². The Hall–Kier alpha value is -2.74. The Labute approximate surface area is 152 Å². The van der Waals surface area contributed by atoms with Crippen molar-refractivity contribution in [3.05, 3.63) is 53.6 Å². The van der Waals surface area contributed by atoms with Gasteiger partial charge in [-0.25, -0.2) is 8.42 Å². The van der Waals surface area contributed by atoms with Crippen LogP contribution in [0.2, 0.25) is 0 Å². The molecule has 0 saturated heterocycles. The highest BCUT2D eigenvalue weighted by atomic mass is 32.2. The summed E-state index contributed by atoms with van der Waals surface area (Å²) in [6, 6.07) is 12.3. The van der Waals surface area contributed by atoms with Crippen LogP contribution in [0.1, 0.15) is 31.9 Å². The Morgan fingerprint density at radius 3 is 2.46 bits per heavy atom. The molecule has 8 heteroatoms. The van der Waals surface area contributed by atoms with Crippen molar-refractivity contribution in [2.45, 2.75) is 38.0 Å². The molecule has 26 heavy (non-hydrogen) atoms. The quantitative estimate of drug-likeness (QED) is 0.733. The summed E-state index contributed by atoms with van der Waals surface area (Å²) in [5.41, 5.74) is 2.86. The van der Waals surface area contributed by atoms with Crippen LogP contribution in [0.4, 0.5) is 5.69 Å². The van der Waals surface area contributed by atoms with Crippen LogP contribution in [0.5, 0.6) is 0 Å². The second-order valence-electron chi connectivity index (χ2n) is 7.15. The number of H-pyrrole nitrogens is 1. The molecular formula is C18H21N5O2S. The number of hydrogen-bond acceptors (Lipinski definition) is 5. The summed E-state index contributed by atoms with van der Waals surface area (Å²) in [5.74, 6) is 0.400. The van der Waals surface area contributed by atoms with Crippen molar-refractivity contribution in [2.24, 2.45) is 0 Å². The Kier molecular flexibility index (Phi) is 4.53. The van der Waals surface area contributed by atoms with Gasteiger partial charge in [0, 0.05) is 11.3 Å². The molecule has 1 aromatic heterocycles. The minimum Gasteiger partial charge on any atom is -0.280 e. The molecule has 3 aromatic rings. The standard InChI is InChI=1S/C18H21N5O2S/c1-12-10-14(18(2,3)4)8-9-16(12)26(24,25)21-15-7-5-6-13(11-15)17-19-22-23-20-17/h5-11,21H,1-4H3,(H,19,20,22,23). The number of sulfonamides is 1. The zero-order valence-electron chi connectivity index (χ0n) is 15.1. The molecule has 7 nitrogen and oxygen atoms in total. The van der Waals surface area contributed by atoms with Crippen LogP contribution in [0, 0.1) is 6.92 Å². The summed E-state index contributed by atoms with van der Waals surface area (Å²) in [4.78, 5) is 0.260. The number of nitrogens with zero attached hydrogens (tertiary/aromatic N) is 3. The third-order valence-electron chi connectivity index (χ3n) is 4.05. The van der Waals surface area contributed by atoms with Gasteiger partial charge >= 0.3 is 0 Å². The highest BCUT2D eigenvalue weighted by Crippen LogP contribution is 2.27. The minimum atomic E-state index is -3.71. The molecule has 0 aliphatic rings. The first-order chi connectivity index (χ1) is 12.2. The Morgan fingerprint density at radius 1 is 1.08 bits per heavy atom. The maximum Gasteiger partial charge on any atom is 0.262 e. The van der Waals surface area contributed by atoms with Crippen LogP contribution in [-0.2, 0) is 15.4 Å². The van der Waals surface area contributed by atoms with Gasteiger partial charge in [-0.1, -0.05) is 45.0 Å². The fourth-order valence-electron chi connectivity index (χ4n) is 2.63. The maximum absolute atomic E-state index is 12.8. The van der Waals surface area contributed by atoms with E-state index in [1.807, 2.05) is 12.1 Å². The average Bonchev–Trinajstić information content (AvgIpc) is 3.08. The molecule has 0 bridgehead atoms. The summed E-state index contributed by atoms with van der Waals surface area (Å²) in [6.07, 6.45) is 0. The number of tetrazole rings is 1. The normalized spacial score (nSPS) is 12.2. The van der Waals surface area contributed by atoms with Gasteiger partial charge in [0.25, 0.3) is 10.0 Å². The molecule has 0 unspecified atom stereocenters. The largest absolute Gasteiger partial charge is 0.280 e. The Bertz CT molecular complexity index is 1020. The number of anilines is 1. The van der Waals surface area contributed by atoms with E-state index in [0.717, 1.165) is 5.56 Å². The lowest BCUT2D eigenvalue weighted by molar-refractivity contribution is 0.586. The van der Waals surface area contributed by atoms with Crippen LogP contribution in [-0.4, -0.2) is 29.0 Å². The second kappa shape index (κ2) is 6.53. The minimum absolute atomic E-state index is 0.0423. The number of hydrogen-bond donors (Lipinski definition) is 2. The molecule has 1 heterocycles. The average molecular weight is 371 g/mol. The maximum atomic E-state index is 12.8. The molecule has 3 rings (SSSR count). The molecule has 2 N–H and O–H groups in total. The van der Waals surface area contributed by atoms with Gasteiger partial charge in [-0.2, -0.15) is 5.21 Å². The molecule has 0 saturated carbocycles. The Balaban J connectivity index is 1.91. The number of rotatable bonds is 4. The van der Waals surface area contributed by atoms with Crippen LogP contribution in [0.15, 0.2) is 47.4 Å². The van der Waals surface area contributed by atoms with E-state index >= 15 is 0 Å². The summed E-state index contributed by atoms with van der Waals surface area (Å²) < 4.78 is 28.3. The lowest BCUT2D eigenvalue weighted by atomic mass is 9.86. The van der Waals surface area contributed by atoms with Crippen molar-refractivity contribution in [3.63, 3.8) is 0 Å². The van der Waals surface area contributed by atoms with Crippen LogP contribution < -0.4 is 4.72 Å². The van der Waals surface area contributed by atoms with E-state index in [1.165, 1.54) is 0 Å². The van der Waals surface area contributed by atoms with E-state index in [1.54, 1.807) is 37.3 Å². The van der Waals surface area contributed by atoms with Gasteiger partial charge in [-0.15, -0.1) is 10.2 Å². The fourth-order valence-corrected chi connectivity index (χ4v) is 3.91. The summed E-state index contributed by atoms with van der Waals surface area (Å²) in [5, 5.41) is 13.7. The predicted molar refractivity (Wildman–Crippen MR) is 100 cm³/mol. The number of aryl methyl sites for hydroxylation is 1. The summed E-state index contributed by atoms with van der Waals surface area (Å²) in [6.45, 7) is 8.09. The molecule has 0 fully saturated rings. The molecular weight excluding hydrogens is 350 g/mol. The fraction of sp³-hybridized carbons (Fsp3) is 0.278. The first-order valence-electron chi connectivity index (χ1n) is 8.15. The van der Waals surface area contributed by atoms with E-state index in [4.69, 9.17) is 0 Å². The highest BCUT2D eigenvalue weighted by Gasteiger charge is 2.20. The number of aromatic amines is 1. The van der Waals surface area contributed by atoms with Crippen molar-refractivity contribution < 1.29 is 8.42 Å². The zero-order chi connectivity index (χ0) is 18.9. The Morgan fingerprint density at radius 2 is 1.85 bits per heavy atom. The SMILES string of the molecule is Cc1cc(C(C)(C)C)ccc1S(=O)(=O)Nc1cccc(-c2nn[nH]n2)c1. The second-order valence-corrected chi connectivity index (χ2v) is 8.80.